The van der Waals surface area contributed by atoms with Crippen LogP contribution in [0.3, 0.4) is 0 Å². The lowest BCUT2D eigenvalue weighted by Crippen LogP contribution is -2.37. The summed E-state index contributed by atoms with van der Waals surface area (Å²) in [4.78, 5) is 11.9. The lowest BCUT2D eigenvalue weighted by atomic mass is 10.1. The summed E-state index contributed by atoms with van der Waals surface area (Å²) in [7, 11) is 1.61. The summed E-state index contributed by atoms with van der Waals surface area (Å²) in [6, 6.07) is 6.49. The van der Waals surface area contributed by atoms with Gasteiger partial charge in [0, 0.05) is 7.11 Å². The van der Waals surface area contributed by atoms with Crippen molar-refractivity contribution in [1.82, 2.24) is 5.32 Å². The summed E-state index contributed by atoms with van der Waals surface area (Å²) in [5, 5.41) is 12.4. The molecule has 1 unspecified atom stereocenters. The molecule has 0 spiro atoms. The smallest absolute Gasteiger partial charge is 0.255 e. The maximum Gasteiger partial charge on any atom is 0.255 e. The maximum absolute atomic E-state index is 11.9. The second-order valence-corrected chi connectivity index (χ2v) is 3.93. The lowest BCUT2D eigenvalue weighted by Gasteiger charge is -2.17. The zero-order valence-corrected chi connectivity index (χ0v) is 10.3. The quantitative estimate of drug-likeness (QED) is 0.795. The maximum atomic E-state index is 11.9. The van der Waals surface area contributed by atoms with Crippen LogP contribution in [0.2, 0.25) is 0 Å². The molecule has 0 radical (unpaired) electrons. The highest BCUT2D eigenvalue weighted by molar-refractivity contribution is 5.96. The van der Waals surface area contributed by atoms with E-state index in [2.05, 4.69) is 12.2 Å². The van der Waals surface area contributed by atoms with Gasteiger partial charge >= 0.3 is 0 Å². The van der Waals surface area contributed by atoms with Crippen LogP contribution in [0.4, 0.5) is 0 Å². The summed E-state index contributed by atoms with van der Waals surface area (Å²) in [6.07, 6.45) is 1.82. The minimum absolute atomic E-state index is 0.00216. The fourth-order valence-corrected chi connectivity index (χ4v) is 1.68. The number of phenols is 1. The summed E-state index contributed by atoms with van der Waals surface area (Å²) >= 11 is 0. The van der Waals surface area contributed by atoms with Gasteiger partial charge in [-0.3, -0.25) is 4.79 Å². The van der Waals surface area contributed by atoms with Crippen molar-refractivity contribution in [1.29, 1.82) is 0 Å². The Morgan fingerprint density at radius 1 is 1.47 bits per heavy atom. The molecule has 2 N–H and O–H groups in total. The number of hydrogen-bond acceptors (Lipinski definition) is 3. The largest absolute Gasteiger partial charge is 0.507 e. The predicted octanol–water partition coefficient (Wildman–Crippen LogP) is 1.94. The zero-order valence-electron chi connectivity index (χ0n) is 10.3. The number of rotatable bonds is 6. The highest BCUT2D eigenvalue weighted by atomic mass is 16.5. The number of hydrogen-bond donors (Lipinski definition) is 2. The highest BCUT2D eigenvalue weighted by Gasteiger charge is 2.15. The van der Waals surface area contributed by atoms with Crippen LogP contribution in [-0.4, -0.2) is 30.8 Å². The molecule has 4 nitrogen and oxygen atoms in total. The Bertz CT molecular complexity index is 359. The number of benzene rings is 1. The second-order valence-electron chi connectivity index (χ2n) is 3.93. The third-order valence-corrected chi connectivity index (χ3v) is 2.49. The Kier molecular flexibility index (Phi) is 5.49. The number of ether oxygens (including phenoxy) is 1. The SMILES string of the molecule is CCCC(COC)NC(=O)c1ccccc1O. The molecule has 0 heterocycles. The first-order chi connectivity index (χ1) is 8.19. The number of nitrogens with one attached hydrogen (secondary N) is 1. The van der Waals surface area contributed by atoms with Crippen LogP contribution in [-0.2, 0) is 4.74 Å². The van der Waals surface area contributed by atoms with Gasteiger partial charge in [-0.25, -0.2) is 0 Å². The Hall–Kier alpha value is -1.55. The van der Waals surface area contributed by atoms with E-state index in [4.69, 9.17) is 4.74 Å². The Morgan fingerprint density at radius 2 is 2.18 bits per heavy atom. The van der Waals surface area contributed by atoms with Gasteiger partial charge in [0.05, 0.1) is 18.2 Å². The molecule has 1 rings (SSSR count). The average Bonchev–Trinajstić information content (AvgIpc) is 2.30. The number of carbonyl (C=O) groups is 1. The first kappa shape index (κ1) is 13.5. The van der Waals surface area contributed by atoms with E-state index in [0.717, 1.165) is 12.8 Å². The normalized spacial score (nSPS) is 12.1. The van der Waals surface area contributed by atoms with Crippen molar-refractivity contribution in [3.05, 3.63) is 29.8 Å². The summed E-state index contributed by atoms with van der Waals surface area (Å²) in [5.41, 5.74) is 0.296. The van der Waals surface area contributed by atoms with Gasteiger partial charge in [-0.15, -0.1) is 0 Å². The third kappa shape index (κ3) is 4.07. The molecule has 1 aromatic rings. The summed E-state index contributed by atoms with van der Waals surface area (Å²) < 4.78 is 5.05. The molecule has 0 aromatic heterocycles. The second kappa shape index (κ2) is 6.91. The van der Waals surface area contributed by atoms with Crippen molar-refractivity contribution in [2.24, 2.45) is 0 Å². The van der Waals surface area contributed by atoms with E-state index in [1.54, 1.807) is 25.3 Å². The van der Waals surface area contributed by atoms with Crippen LogP contribution < -0.4 is 5.32 Å². The van der Waals surface area contributed by atoms with Crippen molar-refractivity contribution < 1.29 is 14.6 Å². The van der Waals surface area contributed by atoms with Gasteiger partial charge in [-0.05, 0) is 18.6 Å². The number of amides is 1. The van der Waals surface area contributed by atoms with E-state index in [1.807, 2.05) is 0 Å². The van der Waals surface area contributed by atoms with Gasteiger partial charge < -0.3 is 15.2 Å². The predicted molar refractivity (Wildman–Crippen MR) is 66.1 cm³/mol. The number of methoxy groups -OCH3 is 1. The Labute approximate surface area is 102 Å². The topological polar surface area (TPSA) is 58.6 Å². The van der Waals surface area contributed by atoms with Gasteiger partial charge in [0.1, 0.15) is 5.75 Å². The summed E-state index contributed by atoms with van der Waals surface area (Å²) in [6.45, 7) is 2.53. The van der Waals surface area contributed by atoms with Gasteiger partial charge in [0.2, 0.25) is 0 Å². The van der Waals surface area contributed by atoms with Crippen molar-refractivity contribution in [3.63, 3.8) is 0 Å². The van der Waals surface area contributed by atoms with Crippen LogP contribution in [0.1, 0.15) is 30.1 Å². The molecule has 1 amide bonds. The first-order valence-corrected chi connectivity index (χ1v) is 5.76. The van der Waals surface area contributed by atoms with Crippen LogP contribution in [0.5, 0.6) is 5.75 Å². The molecule has 17 heavy (non-hydrogen) atoms. The van der Waals surface area contributed by atoms with Crippen LogP contribution >= 0.6 is 0 Å². The minimum atomic E-state index is -0.265. The molecule has 0 aliphatic heterocycles. The van der Waals surface area contributed by atoms with Crippen molar-refractivity contribution in [3.8, 4) is 5.75 Å². The summed E-state index contributed by atoms with van der Waals surface area (Å²) in [5.74, 6) is -0.267. The van der Waals surface area contributed by atoms with Crippen molar-refractivity contribution >= 4 is 5.91 Å². The van der Waals surface area contributed by atoms with Gasteiger partial charge in [-0.2, -0.15) is 0 Å². The monoisotopic (exact) mass is 237 g/mol. The first-order valence-electron chi connectivity index (χ1n) is 5.76. The fraction of sp³-hybridized carbons (Fsp3) is 0.462. The molecule has 0 aliphatic carbocycles. The van der Waals surface area contributed by atoms with E-state index in [-0.39, 0.29) is 17.7 Å². The van der Waals surface area contributed by atoms with E-state index >= 15 is 0 Å². The van der Waals surface area contributed by atoms with E-state index < -0.39 is 0 Å². The van der Waals surface area contributed by atoms with Crippen LogP contribution in [0.15, 0.2) is 24.3 Å². The molecular formula is C13H19NO3. The number of phenolic OH excluding ortho intramolecular Hbond substituents is 1. The lowest BCUT2D eigenvalue weighted by molar-refractivity contribution is 0.0889. The molecule has 4 heteroatoms. The standard InChI is InChI=1S/C13H19NO3/c1-3-6-10(9-17-2)14-13(16)11-7-4-5-8-12(11)15/h4-5,7-8,10,15H,3,6,9H2,1-2H3,(H,14,16). The minimum Gasteiger partial charge on any atom is -0.507 e. The van der Waals surface area contributed by atoms with Crippen LogP contribution in [0, 0.1) is 0 Å². The van der Waals surface area contributed by atoms with E-state index in [0.29, 0.717) is 12.2 Å². The number of carbonyl (C=O) groups excluding carboxylic acids is 1. The molecule has 94 valence electrons. The molecule has 1 aromatic carbocycles. The van der Waals surface area contributed by atoms with Crippen molar-refractivity contribution in [2.75, 3.05) is 13.7 Å². The molecule has 0 saturated heterocycles. The third-order valence-electron chi connectivity index (χ3n) is 2.49. The Morgan fingerprint density at radius 3 is 2.76 bits per heavy atom. The fourth-order valence-electron chi connectivity index (χ4n) is 1.68. The van der Waals surface area contributed by atoms with Crippen molar-refractivity contribution in [2.45, 2.75) is 25.8 Å². The molecular weight excluding hydrogens is 218 g/mol. The van der Waals surface area contributed by atoms with E-state index in [9.17, 15) is 9.90 Å². The molecule has 0 aliphatic rings. The Balaban J connectivity index is 2.67. The van der Waals surface area contributed by atoms with Gasteiger partial charge in [-0.1, -0.05) is 25.5 Å². The highest BCUT2D eigenvalue weighted by Crippen LogP contribution is 2.15. The van der Waals surface area contributed by atoms with Gasteiger partial charge in [0.25, 0.3) is 5.91 Å². The number of aromatic hydroxyl groups is 1. The molecule has 0 bridgehead atoms. The molecule has 0 saturated carbocycles. The molecule has 1 atom stereocenters. The number of para-hydroxylation sites is 1. The van der Waals surface area contributed by atoms with Gasteiger partial charge in [0.15, 0.2) is 0 Å². The molecule has 0 fully saturated rings. The average molecular weight is 237 g/mol. The van der Waals surface area contributed by atoms with E-state index in [1.165, 1.54) is 6.07 Å². The van der Waals surface area contributed by atoms with Crippen LogP contribution in [0.25, 0.3) is 0 Å². The zero-order chi connectivity index (χ0) is 12.7.